The number of aliphatic carboxylic acids is 2. The largest absolute Gasteiger partial charge is 0.542 e. The number of fused-ring (bicyclic) bond motifs is 1. The van der Waals surface area contributed by atoms with Crippen LogP contribution in [0.3, 0.4) is 0 Å². The van der Waals surface area contributed by atoms with Gasteiger partial charge in [0.2, 0.25) is 5.69 Å². The lowest BCUT2D eigenvalue weighted by Crippen LogP contribution is -3.11. The zero-order valence-electron chi connectivity index (χ0n) is 21.0. The molecule has 17 heteroatoms. The Morgan fingerprint density at radius 2 is 1.55 bits per heavy atom. The number of alkyl halides is 6. The smallest absolute Gasteiger partial charge is 0.457 e. The van der Waals surface area contributed by atoms with E-state index in [1.165, 1.54) is 4.90 Å². The number of nitrogens with one attached hydrogen (secondary N) is 3. The summed E-state index contributed by atoms with van der Waals surface area (Å²) >= 11 is 0. The molecule has 0 unspecified atom stereocenters. The van der Waals surface area contributed by atoms with Crippen LogP contribution in [0.2, 0.25) is 0 Å². The fourth-order valence-corrected chi connectivity index (χ4v) is 4.24. The van der Waals surface area contributed by atoms with Gasteiger partial charge >= 0.3 is 18.3 Å². The van der Waals surface area contributed by atoms with E-state index in [1.54, 1.807) is 0 Å². The molecule has 4 N–H and O–H groups in total. The number of hydrogen-bond donors (Lipinski definition) is 4. The first-order valence-electron chi connectivity index (χ1n) is 12.0. The molecule has 1 amide bonds. The minimum Gasteiger partial charge on any atom is -0.542 e. The number of rotatable bonds is 5. The van der Waals surface area contributed by atoms with Gasteiger partial charge < -0.3 is 35.0 Å². The Morgan fingerprint density at radius 1 is 1.02 bits per heavy atom. The molecule has 2 aliphatic rings. The zero-order valence-corrected chi connectivity index (χ0v) is 21.0. The summed E-state index contributed by atoms with van der Waals surface area (Å²) in [6.45, 7) is 3.88. The van der Waals surface area contributed by atoms with Crippen molar-refractivity contribution in [2.24, 2.45) is 5.41 Å². The summed E-state index contributed by atoms with van der Waals surface area (Å²) in [5, 5.41) is 30.4. The Balaban J connectivity index is 0.000000333. The highest BCUT2D eigenvalue weighted by atomic mass is 19.4. The number of aromatic nitrogens is 2. The van der Waals surface area contributed by atoms with Gasteiger partial charge in [-0.15, -0.1) is 4.40 Å². The third-order valence-electron chi connectivity index (χ3n) is 6.35. The topological polar surface area (TPSA) is 163 Å². The van der Waals surface area contributed by atoms with Gasteiger partial charge in [-0.1, -0.05) is 18.9 Å². The molecule has 0 radical (unpaired) electrons. The Bertz CT molecular complexity index is 1130. The van der Waals surface area contributed by atoms with Crippen molar-refractivity contribution in [1.29, 1.82) is 0 Å². The molecule has 0 bridgehead atoms. The molecule has 224 valence electrons. The van der Waals surface area contributed by atoms with E-state index in [-0.39, 0.29) is 17.9 Å². The second kappa shape index (κ2) is 13.8. The SMILES string of the molecule is O=C(NCC1(CO)CCCC1)c1[nH]c([NH+]2CCOCC2)[n+]2ccccc12.O=C([O-])C(F)(F)F.O=C([O-])C(F)(F)F. The molecular formula is C23H28F6N4O7. The van der Waals surface area contributed by atoms with E-state index in [9.17, 15) is 36.2 Å². The predicted octanol–water partition coefficient (Wildman–Crippen LogP) is -1.82. The number of hydrogen-bond acceptors (Lipinski definition) is 7. The van der Waals surface area contributed by atoms with E-state index in [2.05, 4.69) is 14.7 Å². The number of morpholine rings is 1. The monoisotopic (exact) mass is 586 g/mol. The second-order valence-electron chi connectivity index (χ2n) is 9.14. The molecule has 11 nitrogen and oxygen atoms in total. The number of pyridine rings is 1. The maximum absolute atomic E-state index is 12.9. The normalized spacial score (nSPS) is 17.3. The number of carboxylic acids is 2. The van der Waals surface area contributed by atoms with Gasteiger partial charge in [0, 0.05) is 12.0 Å². The van der Waals surface area contributed by atoms with Crippen LogP contribution in [0.25, 0.3) is 5.52 Å². The number of aliphatic hydroxyl groups excluding tert-OH is 1. The number of H-pyrrole nitrogens is 1. The molecule has 2 fully saturated rings. The van der Waals surface area contributed by atoms with Crippen LogP contribution in [0.4, 0.5) is 32.3 Å². The van der Waals surface area contributed by atoms with E-state index in [1.807, 2.05) is 24.4 Å². The number of ether oxygens (including phenoxy) is 1. The summed E-state index contributed by atoms with van der Waals surface area (Å²) in [4.78, 5) is 35.1. The van der Waals surface area contributed by atoms with Crippen molar-refractivity contribution in [2.45, 2.75) is 38.0 Å². The van der Waals surface area contributed by atoms with Crippen molar-refractivity contribution in [3.63, 3.8) is 0 Å². The molecule has 0 atom stereocenters. The fraction of sp³-hybridized carbons (Fsp3) is 0.565. The minimum absolute atomic E-state index is 0.104. The van der Waals surface area contributed by atoms with E-state index in [4.69, 9.17) is 24.5 Å². The van der Waals surface area contributed by atoms with E-state index in [0.717, 1.165) is 63.5 Å². The van der Waals surface area contributed by atoms with Gasteiger partial charge in [0.15, 0.2) is 5.52 Å². The minimum atomic E-state index is -5.19. The Kier molecular flexibility index (Phi) is 11.3. The number of halogens is 6. The number of quaternary nitrogens is 1. The average Bonchev–Trinajstić information content (AvgIpc) is 3.53. The van der Waals surface area contributed by atoms with Gasteiger partial charge in [-0.2, -0.15) is 31.3 Å². The van der Waals surface area contributed by atoms with E-state index < -0.39 is 24.3 Å². The van der Waals surface area contributed by atoms with Crippen molar-refractivity contribution in [3.8, 4) is 0 Å². The van der Waals surface area contributed by atoms with Crippen LogP contribution < -0.4 is 24.8 Å². The van der Waals surface area contributed by atoms with E-state index in [0.29, 0.717) is 12.2 Å². The zero-order chi connectivity index (χ0) is 30.1. The summed E-state index contributed by atoms with van der Waals surface area (Å²) < 4.78 is 70.6. The summed E-state index contributed by atoms with van der Waals surface area (Å²) in [6.07, 6.45) is -4.18. The molecule has 0 spiro atoms. The van der Waals surface area contributed by atoms with Crippen molar-refractivity contribution in [1.82, 2.24) is 10.3 Å². The van der Waals surface area contributed by atoms with Gasteiger partial charge in [0.1, 0.15) is 31.2 Å². The molecule has 0 aromatic carbocycles. The fourth-order valence-electron chi connectivity index (χ4n) is 4.24. The Morgan fingerprint density at radius 3 is 2.02 bits per heavy atom. The number of carboxylic acid groups (broad SMARTS) is 2. The number of aliphatic hydroxyl groups is 1. The summed E-state index contributed by atoms with van der Waals surface area (Å²) in [6, 6.07) is 5.89. The molecule has 1 aliphatic heterocycles. The van der Waals surface area contributed by atoms with Crippen molar-refractivity contribution in [2.75, 3.05) is 39.5 Å². The standard InChI is InChI=1S/C19H26N4O3.2C2HF3O2/c24-14-19(6-2-3-7-19)13-20-17(25)16-15-5-1-4-8-23(15)18(21-16)22-9-11-26-12-10-22;2*3-2(4,5)1(6)7/h1,4-5,8,24H,2-3,6-7,9-14H2,(H,20,25);2*(H,6,7). The number of imidazole rings is 1. The first-order valence-corrected chi connectivity index (χ1v) is 12.0. The van der Waals surface area contributed by atoms with Crippen LogP contribution in [0.1, 0.15) is 36.2 Å². The van der Waals surface area contributed by atoms with Gasteiger partial charge in [0.05, 0.1) is 19.8 Å². The van der Waals surface area contributed by atoms with Crippen LogP contribution in [0, 0.1) is 5.41 Å². The molecular weight excluding hydrogens is 558 g/mol. The maximum Gasteiger partial charge on any atom is 0.457 e. The number of aromatic amines is 1. The molecule has 2 aromatic heterocycles. The highest BCUT2D eigenvalue weighted by Gasteiger charge is 2.36. The number of nitrogens with zero attached hydrogens (tertiary/aromatic N) is 1. The Labute approximate surface area is 223 Å². The predicted molar refractivity (Wildman–Crippen MR) is 118 cm³/mol. The summed E-state index contributed by atoms with van der Waals surface area (Å²) in [7, 11) is 0. The maximum atomic E-state index is 12.9. The second-order valence-corrected chi connectivity index (χ2v) is 9.14. The average molecular weight is 586 g/mol. The van der Waals surface area contributed by atoms with Gasteiger partial charge in [0.25, 0.3) is 5.91 Å². The van der Waals surface area contributed by atoms with Crippen LogP contribution in [-0.4, -0.2) is 79.7 Å². The third-order valence-corrected chi connectivity index (χ3v) is 6.35. The molecule has 1 saturated carbocycles. The quantitative estimate of drug-likeness (QED) is 0.237. The van der Waals surface area contributed by atoms with Crippen LogP contribution in [0.5, 0.6) is 0 Å². The van der Waals surface area contributed by atoms with E-state index >= 15 is 0 Å². The lowest BCUT2D eigenvalue weighted by molar-refractivity contribution is -0.889. The molecule has 4 rings (SSSR count). The first-order chi connectivity index (χ1) is 18.6. The van der Waals surface area contributed by atoms with Gasteiger partial charge in [-0.25, -0.2) is 4.90 Å². The molecule has 1 aliphatic carbocycles. The highest BCUT2D eigenvalue weighted by molar-refractivity contribution is 5.98. The van der Waals surface area contributed by atoms with Gasteiger partial charge in [-0.05, 0) is 25.0 Å². The van der Waals surface area contributed by atoms with Crippen LogP contribution in [0.15, 0.2) is 24.4 Å². The highest BCUT2D eigenvalue weighted by Crippen LogP contribution is 2.36. The first kappa shape index (κ1) is 32.8. The van der Waals surface area contributed by atoms with Crippen molar-refractivity contribution in [3.05, 3.63) is 30.1 Å². The molecule has 1 saturated heterocycles. The summed E-state index contributed by atoms with van der Waals surface area (Å²) in [5.74, 6) is -5.13. The molecule has 3 heterocycles. The van der Waals surface area contributed by atoms with Crippen molar-refractivity contribution < 1.29 is 70.1 Å². The number of amides is 1. The van der Waals surface area contributed by atoms with Crippen molar-refractivity contribution >= 4 is 29.3 Å². The lowest BCUT2D eigenvalue weighted by Gasteiger charge is -2.26. The Hall–Kier alpha value is -3.44. The molecule has 2 aromatic rings. The molecule has 40 heavy (non-hydrogen) atoms. The van der Waals surface area contributed by atoms with Gasteiger partial charge in [-0.3, -0.25) is 4.79 Å². The summed E-state index contributed by atoms with van der Waals surface area (Å²) in [5.41, 5.74) is 1.32. The number of carbonyl (C=O) groups is 3. The van der Waals surface area contributed by atoms with Crippen LogP contribution >= 0.6 is 0 Å². The lowest BCUT2D eigenvalue weighted by atomic mass is 9.87. The number of carbonyl (C=O) groups excluding carboxylic acids is 3. The third kappa shape index (κ3) is 9.06. The van der Waals surface area contributed by atoms with Crippen LogP contribution in [-0.2, 0) is 14.3 Å².